The van der Waals surface area contributed by atoms with Crippen molar-refractivity contribution in [1.82, 2.24) is 5.32 Å². The maximum absolute atomic E-state index is 13.1. The second-order valence-electron chi connectivity index (χ2n) is 27.7. The van der Waals surface area contributed by atoms with Crippen LogP contribution in [0.15, 0.2) is 48.6 Å². The van der Waals surface area contributed by atoms with Gasteiger partial charge in [0.25, 0.3) is 0 Å². The first kappa shape index (κ1) is 85.5. The number of aliphatic hydroxyl groups is 1. The Morgan fingerprint density at radius 3 is 0.989 bits per heavy atom. The molecule has 0 saturated carbocycles. The van der Waals surface area contributed by atoms with Crippen molar-refractivity contribution < 1.29 is 32.9 Å². The van der Waals surface area contributed by atoms with Crippen molar-refractivity contribution in [1.29, 1.82) is 0 Å². The van der Waals surface area contributed by atoms with E-state index in [4.69, 9.17) is 9.05 Å². The van der Waals surface area contributed by atoms with E-state index < -0.39 is 20.0 Å². The number of hydrogen-bond donors (Lipinski definition) is 3. The summed E-state index contributed by atoms with van der Waals surface area (Å²) in [5.41, 5.74) is 0. The van der Waals surface area contributed by atoms with E-state index in [1.165, 1.54) is 327 Å². The summed E-state index contributed by atoms with van der Waals surface area (Å²) in [4.78, 5) is 23.5. The quantitative estimate of drug-likeness (QED) is 0.0243. The largest absolute Gasteiger partial charge is 0.472 e. The molecule has 0 heterocycles. The summed E-state index contributed by atoms with van der Waals surface area (Å²) in [7, 11) is 1.57. The highest BCUT2D eigenvalue weighted by molar-refractivity contribution is 7.47. The predicted octanol–water partition coefficient (Wildman–Crippen LogP) is 25.0. The van der Waals surface area contributed by atoms with Gasteiger partial charge in [-0.1, -0.05) is 371 Å². The van der Waals surface area contributed by atoms with Crippen molar-refractivity contribution in [3.8, 4) is 0 Å². The van der Waals surface area contributed by atoms with Gasteiger partial charge in [0, 0.05) is 6.42 Å². The summed E-state index contributed by atoms with van der Waals surface area (Å²) in [6.45, 7) is 4.84. The molecular formula is C78H152N2O6P+. The smallest absolute Gasteiger partial charge is 0.387 e. The predicted molar refractivity (Wildman–Crippen MR) is 383 cm³/mol. The first-order chi connectivity index (χ1) is 42.5. The second-order valence-corrected chi connectivity index (χ2v) is 29.2. The molecule has 0 aliphatic carbocycles. The Labute approximate surface area is 543 Å². The molecule has 0 saturated heterocycles. The van der Waals surface area contributed by atoms with Crippen LogP contribution in [0.4, 0.5) is 0 Å². The van der Waals surface area contributed by atoms with Gasteiger partial charge in [-0.2, -0.15) is 0 Å². The number of rotatable bonds is 72. The third-order valence-electron chi connectivity index (χ3n) is 17.8. The molecule has 1 amide bonds. The zero-order valence-electron chi connectivity index (χ0n) is 59.0. The van der Waals surface area contributed by atoms with Gasteiger partial charge in [0.15, 0.2) is 0 Å². The molecule has 0 aromatic heterocycles. The highest BCUT2D eigenvalue weighted by Gasteiger charge is 2.28. The number of carbonyl (C=O) groups excluding carboxylic acids is 1. The van der Waals surface area contributed by atoms with E-state index in [1.54, 1.807) is 6.08 Å². The third-order valence-corrected chi connectivity index (χ3v) is 18.8. The Hall–Kier alpha value is -1.54. The van der Waals surface area contributed by atoms with Gasteiger partial charge in [-0.25, -0.2) is 4.57 Å². The third kappa shape index (κ3) is 71.8. The minimum atomic E-state index is -4.36. The van der Waals surface area contributed by atoms with E-state index in [0.29, 0.717) is 17.4 Å². The van der Waals surface area contributed by atoms with Crippen LogP contribution < -0.4 is 5.32 Å². The summed E-state index contributed by atoms with van der Waals surface area (Å²) >= 11 is 0. The van der Waals surface area contributed by atoms with Gasteiger partial charge in [0.2, 0.25) is 5.91 Å². The van der Waals surface area contributed by atoms with Gasteiger partial charge in [-0.05, 0) is 64.2 Å². The lowest BCUT2D eigenvalue weighted by Crippen LogP contribution is -2.45. The Bertz CT molecular complexity index is 1560. The topological polar surface area (TPSA) is 105 Å². The van der Waals surface area contributed by atoms with Crippen molar-refractivity contribution in [2.45, 2.75) is 405 Å². The average molecular weight is 1250 g/mol. The molecule has 0 radical (unpaired) electrons. The van der Waals surface area contributed by atoms with Gasteiger partial charge in [-0.15, -0.1) is 0 Å². The fourth-order valence-electron chi connectivity index (χ4n) is 11.8. The standard InChI is InChI=1S/C78H151N2O6P/c1-6-8-10-12-14-16-18-20-22-24-26-28-30-32-34-35-36-37-38-39-40-41-42-43-44-45-46-48-50-52-54-56-58-60-62-64-66-68-70-72-78(82)79-76(75-86-87(83,84)85-74-73-80(3,4)5)77(81)71-69-67-65-63-61-59-57-55-53-51-49-47-33-31-29-27-25-23-21-19-17-15-13-11-9-7-2/h18,20,24,26,61,63,69,71,76-77,81H,6-17,19,21-23,25,27-60,62,64-68,70,72-75H2,1-5H3,(H-,79,82,83,84)/p+1/b20-18-,26-24-,63-61+,71-69+. The molecule has 0 rings (SSSR count). The number of unbranched alkanes of at least 4 members (excludes halogenated alkanes) is 53. The number of likely N-dealkylation sites (N-methyl/N-ethyl adjacent to an activating group) is 1. The van der Waals surface area contributed by atoms with Gasteiger partial charge in [0.1, 0.15) is 13.2 Å². The fraction of sp³-hybridized carbons (Fsp3) is 0.885. The van der Waals surface area contributed by atoms with Gasteiger partial charge < -0.3 is 19.8 Å². The Morgan fingerprint density at radius 1 is 0.391 bits per heavy atom. The molecule has 87 heavy (non-hydrogen) atoms. The highest BCUT2D eigenvalue weighted by atomic mass is 31.2. The number of phosphoric acid groups is 1. The first-order valence-electron chi connectivity index (χ1n) is 38.5. The molecule has 8 nitrogen and oxygen atoms in total. The van der Waals surface area contributed by atoms with Crippen LogP contribution in [0.3, 0.4) is 0 Å². The molecule has 0 fully saturated rings. The maximum atomic E-state index is 13.1. The molecule has 0 spiro atoms. The lowest BCUT2D eigenvalue weighted by atomic mass is 10.0. The van der Waals surface area contributed by atoms with Crippen LogP contribution in [0.25, 0.3) is 0 Å². The summed E-state index contributed by atoms with van der Waals surface area (Å²) in [6, 6.07) is -0.864. The van der Waals surface area contributed by atoms with Crippen LogP contribution >= 0.6 is 7.82 Å². The van der Waals surface area contributed by atoms with E-state index in [9.17, 15) is 19.4 Å². The van der Waals surface area contributed by atoms with Crippen LogP contribution in [-0.2, 0) is 18.4 Å². The molecule has 0 aliphatic rings. The average Bonchev–Trinajstić information content (AvgIpc) is 3.69. The normalized spacial score (nSPS) is 13.8. The van der Waals surface area contributed by atoms with E-state index in [-0.39, 0.29) is 19.1 Å². The Morgan fingerprint density at radius 2 is 0.667 bits per heavy atom. The van der Waals surface area contributed by atoms with Crippen molar-refractivity contribution >= 4 is 13.7 Å². The second kappa shape index (κ2) is 68.8. The lowest BCUT2D eigenvalue weighted by molar-refractivity contribution is -0.870. The molecule has 0 aromatic rings. The van der Waals surface area contributed by atoms with Gasteiger partial charge in [0.05, 0.1) is 39.9 Å². The molecule has 3 N–H and O–H groups in total. The number of aliphatic hydroxyl groups excluding tert-OH is 1. The van der Waals surface area contributed by atoms with E-state index >= 15 is 0 Å². The molecule has 3 atom stereocenters. The van der Waals surface area contributed by atoms with Crippen LogP contribution in [0, 0.1) is 0 Å². The van der Waals surface area contributed by atoms with Crippen LogP contribution in [0.2, 0.25) is 0 Å². The molecule has 0 aliphatic heterocycles. The van der Waals surface area contributed by atoms with Crippen LogP contribution in [0.5, 0.6) is 0 Å². The number of phosphoric ester groups is 1. The maximum Gasteiger partial charge on any atom is 0.472 e. The van der Waals surface area contributed by atoms with Crippen molar-refractivity contribution in [3.63, 3.8) is 0 Å². The van der Waals surface area contributed by atoms with E-state index in [0.717, 1.165) is 44.9 Å². The summed E-state index contributed by atoms with van der Waals surface area (Å²) in [5.74, 6) is -0.178. The minimum Gasteiger partial charge on any atom is -0.387 e. The highest BCUT2D eigenvalue weighted by Crippen LogP contribution is 2.43. The van der Waals surface area contributed by atoms with E-state index in [2.05, 4.69) is 55.6 Å². The molecular weight excluding hydrogens is 1090 g/mol. The number of amides is 1. The number of nitrogens with one attached hydrogen (secondary N) is 1. The number of allylic oxidation sites excluding steroid dienone is 7. The van der Waals surface area contributed by atoms with Crippen LogP contribution in [-0.4, -0.2) is 73.4 Å². The molecule has 0 aromatic carbocycles. The zero-order valence-corrected chi connectivity index (χ0v) is 59.9. The molecule has 0 bridgehead atoms. The Balaban J connectivity index is 3.96. The number of quaternary nitrogens is 1. The number of hydrogen-bond acceptors (Lipinski definition) is 5. The molecule has 9 heteroatoms. The number of carbonyl (C=O) groups is 1. The van der Waals surface area contributed by atoms with Crippen molar-refractivity contribution in [2.75, 3.05) is 40.9 Å². The van der Waals surface area contributed by atoms with Gasteiger partial charge in [-0.3, -0.25) is 13.8 Å². The van der Waals surface area contributed by atoms with Crippen molar-refractivity contribution in [3.05, 3.63) is 48.6 Å². The summed E-state index contributed by atoms with van der Waals surface area (Å²) in [6.07, 6.45) is 94.5. The summed E-state index contributed by atoms with van der Waals surface area (Å²) in [5, 5.41) is 14.0. The summed E-state index contributed by atoms with van der Waals surface area (Å²) < 4.78 is 23.8. The lowest BCUT2D eigenvalue weighted by Gasteiger charge is -2.25. The van der Waals surface area contributed by atoms with Crippen molar-refractivity contribution in [2.24, 2.45) is 0 Å². The monoisotopic (exact) mass is 1240 g/mol. The molecule has 3 unspecified atom stereocenters. The molecule has 514 valence electrons. The fourth-order valence-corrected chi connectivity index (χ4v) is 12.5. The van der Waals surface area contributed by atoms with Gasteiger partial charge >= 0.3 is 7.82 Å². The SMILES string of the molecule is CCCCCCC/C=C\C/C=C\CCCCCCCCCCCCCCCCCCCCCCCCCCCCCC(=O)NC(COP(=O)(O)OCC[N+](C)(C)C)C(O)/C=C/CC/C=C/CCCCCCCCCCCCCCCCCCCCCC. The first-order valence-corrected chi connectivity index (χ1v) is 40.0. The van der Waals surface area contributed by atoms with E-state index in [1.807, 2.05) is 27.2 Å². The van der Waals surface area contributed by atoms with Crippen LogP contribution in [0.1, 0.15) is 393 Å². The zero-order chi connectivity index (χ0) is 63.4. The number of nitrogens with zero attached hydrogens (tertiary/aromatic N) is 1. The Kier molecular flexibility index (Phi) is 67.6. The minimum absolute atomic E-state index is 0.0579.